The highest BCUT2D eigenvalue weighted by molar-refractivity contribution is 6.00. The van der Waals surface area contributed by atoms with Gasteiger partial charge in [0.2, 0.25) is 5.91 Å². The van der Waals surface area contributed by atoms with Gasteiger partial charge in [0.25, 0.3) is 5.91 Å². The van der Waals surface area contributed by atoms with Gasteiger partial charge in [-0.15, -0.1) is 0 Å². The smallest absolute Gasteiger partial charge is 0.265 e. The van der Waals surface area contributed by atoms with Crippen molar-refractivity contribution < 1.29 is 14.3 Å². The second kappa shape index (κ2) is 6.58. The maximum absolute atomic E-state index is 12.2. The second-order valence-corrected chi connectivity index (χ2v) is 7.02. The quantitative estimate of drug-likeness (QED) is 0.921. The summed E-state index contributed by atoms with van der Waals surface area (Å²) in [5, 5.41) is 2.89. The lowest BCUT2D eigenvalue weighted by molar-refractivity contribution is -0.123. The molecule has 0 atom stereocenters. The van der Waals surface area contributed by atoms with Crippen molar-refractivity contribution >= 4 is 23.2 Å². The zero-order valence-electron chi connectivity index (χ0n) is 14.5. The summed E-state index contributed by atoms with van der Waals surface area (Å²) in [4.78, 5) is 28.0. The molecule has 1 N–H and O–H groups in total. The Hall–Kier alpha value is -2.08. The van der Waals surface area contributed by atoms with Crippen LogP contribution in [0.5, 0.6) is 5.75 Å². The van der Waals surface area contributed by atoms with Gasteiger partial charge in [0.15, 0.2) is 6.61 Å². The van der Waals surface area contributed by atoms with E-state index in [9.17, 15) is 9.59 Å². The Morgan fingerprint density at radius 2 is 2.04 bits per heavy atom. The van der Waals surface area contributed by atoms with Crippen LogP contribution in [0.3, 0.4) is 0 Å². The fourth-order valence-corrected chi connectivity index (χ4v) is 2.14. The molecule has 23 heavy (non-hydrogen) atoms. The number of benzene rings is 1. The van der Waals surface area contributed by atoms with Crippen LogP contribution in [0.1, 0.15) is 20.8 Å². The molecular formula is C17H25N3O3. The highest BCUT2D eigenvalue weighted by Crippen LogP contribution is 2.34. The Kier molecular flexibility index (Phi) is 4.94. The molecule has 1 aliphatic heterocycles. The maximum Gasteiger partial charge on any atom is 0.265 e. The molecule has 6 nitrogen and oxygen atoms in total. The third kappa shape index (κ3) is 4.22. The van der Waals surface area contributed by atoms with Gasteiger partial charge in [-0.25, -0.2) is 0 Å². The Bertz CT molecular complexity index is 606. The molecule has 0 unspecified atom stereocenters. The van der Waals surface area contributed by atoms with Crippen LogP contribution in [0.25, 0.3) is 0 Å². The van der Waals surface area contributed by atoms with Crippen LogP contribution in [0.2, 0.25) is 0 Å². The summed E-state index contributed by atoms with van der Waals surface area (Å²) in [6.45, 7) is 6.96. The molecule has 1 aromatic rings. The molecule has 126 valence electrons. The number of fused-ring (bicyclic) bond motifs is 1. The maximum atomic E-state index is 12.2. The van der Waals surface area contributed by atoms with Gasteiger partial charge in [-0.1, -0.05) is 20.8 Å². The second-order valence-electron chi connectivity index (χ2n) is 7.02. The molecule has 0 radical (unpaired) electrons. The van der Waals surface area contributed by atoms with Crippen LogP contribution in [0.4, 0.5) is 11.4 Å². The van der Waals surface area contributed by atoms with E-state index in [1.165, 1.54) is 0 Å². The van der Waals surface area contributed by atoms with Crippen LogP contribution in [-0.2, 0) is 9.59 Å². The van der Waals surface area contributed by atoms with E-state index in [-0.39, 0.29) is 18.4 Å². The summed E-state index contributed by atoms with van der Waals surface area (Å²) in [7, 11) is 3.93. The van der Waals surface area contributed by atoms with E-state index in [1.807, 2.05) is 39.8 Å². The van der Waals surface area contributed by atoms with Crippen LogP contribution in [0, 0.1) is 5.41 Å². The number of anilines is 2. The van der Waals surface area contributed by atoms with Gasteiger partial charge >= 0.3 is 0 Å². The molecular weight excluding hydrogens is 294 g/mol. The van der Waals surface area contributed by atoms with E-state index in [0.717, 1.165) is 6.54 Å². The molecule has 1 aromatic carbocycles. The molecule has 2 rings (SSSR count). The van der Waals surface area contributed by atoms with E-state index in [1.54, 1.807) is 23.1 Å². The fraction of sp³-hybridized carbons (Fsp3) is 0.529. The van der Waals surface area contributed by atoms with Gasteiger partial charge in [-0.05, 0) is 32.3 Å². The average molecular weight is 319 g/mol. The normalized spacial score (nSPS) is 14.5. The summed E-state index contributed by atoms with van der Waals surface area (Å²) in [6, 6.07) is 5.39. The molecule has 1 heterocycles. The first-order chi connectivity index (χ1) is 10.7. The van der Waals surface area contributed by atoms with Gasteiger partial charge in [0.05, 0.1) is 5.69 Å². The van der Waals surface area contributed by atoms with E-state index in [2.05, 4.69) is 5.32 Å². The molecule has 2 amide bonds. The van der Waals surface area contributed by atoms with Gasteiger partial charge in [0.1, 0.15) is 5.75 Å². The zero-order valence-corrected chi connectivity index (χ0v) is 14.5. The number of carbonyl (C=O) groups is 2. The summed E-state index contributed by atoms with van der Waals surface area (Å²) in [5.74, 6) is 0.524. The standard InChI is InChI=1S/C17H25N3O3/c1-17(2,3)16(22)18-12-6-7-14-13(10-12)20(9-8-19(4)5)15(21)11-23-14/h6-7,10H,8-9,11H2,1-5H3,(H,18,22). The van der Waals surface area contributed by atoms with Crippen molar-refractivity contribution in [3.63, 3.8) is 0 Å². The van der Waals surface area contributed by atoms with Crippen molar-refractivity contribution in [3.8, 4) is 5.75 Å². The predicted molar refractivity (Wildman–Crippen MR) is 90.9 cm³/mol. The zero-order chi connectivity index (χ0) is 17.2. The highest BCUT2D eigenvalue weighted by atomic mass is 16.5. The SMILES string of the molecule is CN(C)CCN1C(=O)COc2ccc(NC(=O)C(C)(C)C)cc21. The molecule has 0 saturated carbocycles. The predicted octanol–water partition coefficient (Wildman–Crippen LogP) is 1.96. The van der Waals surface area contributed by atoms with Crippen molar-refractivity contribution in [3.05, 3.63) is 18.2 Å². The number of amides is 2. The molecule has 0 spiro atoms. The molecule has 0 aromatic heterocycles. The third-order valence-electron chi connectivity index (χ3n) is 3.61. The Balaban J connectivity index is 2.25. The first kappa shape index (κ1) is 17.3. The topological polar surface area (TPSA) is 61.9 Å². The van der Waals surface area contributed by atoms with E-state index < -0.39 is 5.41 Å². The van der Waals surface area contributed by atoms with Crippen LogP contribution in [0.15, 0.2) is 18.2 Å². The van der Waals surface area contributed by atoms with Crippen molar-refractivity contribution in [2.45, 2.75) is 20.8 Å². The van der Waals surface area contributed by atoms with E-state index >= 15 is 0 Å². The number of ether oxygens (including phenoxy) is 1. The monoisotopic (exact) mass is 319 g/mol. The summed E-state index contributed by atoms with van der Waals surface area (Å²) in [6.07, 6.45) is 0. The van der Waals surface area contributed by atoms with Gasteiger partial charge in [-0.2, -0.15) is 0 Å². The lowest BCUT2D eigenvalue weighted by atomic mass is 9.95. The Morgan fingerprint density at radius 1 is 1.35 bits per heavy atom. The fourth-order valence-electron chi connectivity index (χ4n) is 2.14. The minimum atomic E-state index is -0.479. The highest BCUT2D eigenvalue weighted by Gasteiger charge is 2.27. The molecule has 1 aliphatic rings. The van der Waals surface area contributed by atoms with Crippen molar-refractivity contribution in [2.75, 3.05) is 44.0 Å². The number of carbonyl (C=O) groups excluding carboxylic acids is 2. The summed E-state index contributed by atoms with van der Waals surface area (Å²) in [5.41, 5.74) is 0.888. The molecule has 0 saturated heterocycles. The minimum Gasteiger partial charge on any atom is -0.482 e. The Morgan fingerprint density at radius 3 is 2.65 bits per heavy atom. The average Bonchev–Trinajstić information content (AvgIpc) is 2.45. The first-order valence-electron chi connectivity index (χ1n) is 7.72. The molecule has 0 bridgehead atoms. The lowest BCUT2D eigenvalue weighted by Crippen LogP contribution is -2.42. The first-order valence-corrected chi connectivity index (χ1v) is 7.72. The number of rotatable bonds is 4. The van der Waals surface area contributed by atoms with Crippen molar-refractivity contribution in [2.24, 2.45) is 5.41 Å². The summed E-state index contributed by atoms with van der Waals surface area (Å²) >= 11 is 0. The van der Waals surface area contributed by atoms with Gasteiger partial charge in [0, 0.05) is 24.2 Å². The number of hydrogen-bond acceptors (Lipinski definition) is 4. The van der Waals surface area contributed by atoms with Crippen LogP contribution in [-0.4, -0.2) is 50.5 Å². The van der Waals surface area contributed by atoms with Crippen LogP contribution >= 0.6 is 0 Å². The van der Waals surface area contributed by atoms with E-state index in [0.29, 0.717) is 23.7 Å². The van der Waals surface area contributed by atoms with Crippen molar-refractivity contribution in [1.82, 2.24) is 4.90 Å². The molecule has 0 aliphatic carbocycles. The number of hydrogen-bond donors (Lipinski definition) is 1. The lowest BCUT2D eigenvalue weighted by Gasteiger charge is -2.31. The Labute approximate surface area is 137 Å². The third-order valence-corrected chi connectivity index (χ3v) is 3.61. The summed E-state index contributed by atoms with van der Waals surface area (Å²) < 4.78 is 5.48. The number of nitrogens with zero attached hydrogens (tertiary/aromatic N) is 2. The minimum absolute atomic E-state index is 0.0497. The van der Waals surface area contributed by atoms with Gasteiger partial charge < -0.3 is 19.9 Å². The molecule has 0 fully saturated rings. The number of likely N-dealkylation sites (N-methyl/N-ethyl adjacent to an activating group) is 1. The van der Waals surface area contributed by atoms with E-state index in [4.69, 9.17) is 4.74 Å². The van der Waals surface area contributed by atoms with Crippen molar-refractivity contribution in [1.29, 1.82) is 0 Å². The number of nitrogens with one attached hydrogen (secondary N) is 1. The van der Waals surface area contributed by atoms with Gasteiger partial charge in [-0.3, -0.25) is 9.59 Å². The molecule has 6 heteroatoms. The largest absolute Gasteiger partial charge is 0.482 e. The van der Waals surface area contributed by atoms with Crippen LogP contribution < -0.4 is 15.0 Å².